The maximum atomic E-state index is 14.4. The Morgan fingerprint density at radius 3 is 1.71 bits per heavy atom. The van der Waals surface area contributed by atoms with E-state index in [-0.39, 0.29) is 18.2 Å². The Kier molecular flexibility index (Phi) is 6.63. The standard InChI is InChI=1S/C22H9F11O/c23-15-9-12(22(32,33)34-13-4-1-10(2-5-13)19(26)20(27)28)3-6-14(15)11-7-16(24)18(17(25)8-11)21(29,30)31/h1-9H. The molecule has 0 saturated carbocycles. The number of benzene rings is 3. The first kappa shape index (κ1) is 25.1. The molecule has 3 aromatic carbocycles. The fraction of sp³-hybridized carbons (Fsp3) is 0.0909. The lowest BCUT2D eigenvalue weighted by Gasteiger charge is -2.19. The van der Waals surface area contributed by atoms with Crippen LogP contribution in [0.2, 0.25) is 0 Å². The van der Waals surface area contributed by atoms with Crippen molar-refractivity contribution in [2.24, 2.45) is 0 Å². The fourth-order valence-corrected chi connectivity index (χ4v) is 2.92. The van der Waals surface area contributed by atoms with Gasteiger partial charge >= 0.3 is 18.4 Å². The Labute approximate surface area is 183 Å². The van der Waals surface area contributed by atoms with E-state index in [0.717, 1.165) is 24.3 Å². The van der Waals surface area contributed by atoms with Gasteiger partial charge in [-0.3, -0.25) is 0 Å². The van der Waals surface area contributed by atoms with E-state index in [9.17, 15) is 48.3 Å². The second-order valence-corrected chi connectivity index (χ2v) is 6.72. The molecule has 3 rings (SSSR count). The first-order valence-corrected chi connectivity index (χ1v) is 8.95. The second-order valence-electron chi connectivity index (χ2n) is 6.72. The van der Waals surface area contributed by atoms with Crippen LogP contribution in [0.3, 0.4) is 0 Å². The Hall–Kier alpha value is -3.57. The third kappa shape index (κ3) is 5.15. The highest BCUT2D eigenvalue weighted by Gasteiger charge is 2.38. The van der Waals surface area contributed by atoms with Gasteiger partial charge in [0.15, 0.2) is 5.83 Å². The molecule has 0 heterocycles. The molecule has 0 aliphatic rings. The minimum Gasteiger partial charge on any atom is -0.429 e. The van der Waals surface area contributed by atoms with Crippen LogP contribution < -0.4 is 4.74 Å². The van der Waals surface area contributed by atoms with E-state index in [1.165, 1.54) is 0 Å². The highest BCUT2D eigenvalue weighted by Crippen LogP contribution is 2.38. The third-order valence-electron chi connectivity index (χ3n) is 4.46. The molecule has 1 nitrogen and oxygen atoms in total. The molecular formula is C22H9F11O. The first-order valence-electron chi connectivity index (χ1n) is 8.95. The van der Waals surface area contributed by atoms with Gasteiger partial charge < -0.3 is 4.74 Å². The summed E-state index contributed by atoms with van der Waals surface area (Å²) in [6, 6.07) is 4.86. The molecule has 0 fully saturated rings. The summed E-state index contributed by atoms with van der Waals surface area (Å²) < 4.78 is 151. The molecule has 0 amide bonds. The summed E-state index contributed by atoms with van der Waals surface area (Å²) >= 11 is 0. The lowest BCUT2D eigenvalue weighted by Crippen LogP contribution is -2.22. The molecule has 0 aliphatic carbocycles. The van der Waals surface area contributed by atoms with E-state index in [4.69, 9.17) is 0 Å². The van der Waals surface area contributed by atoms with E-state index >= 15 is 0 Å². The van der Waals surface area contributed by atoms with Gasteiger partial charge in [-0.2, -0.15) is 30.7 Å². The maximum absolute atomic E-state index is 14.4. The van der Waals surface area contributed by atoms with Gasteiger partial charge in [0.1, 0.15) is 28.8 Å². The zero-order valence-corrected chi connectivity index (χ0v) is 16.3. The SMILES string of the molecule is FC(F)=C(F)c1ccc(OC(F)(F)c2ccc(-c3cc(F)c(C(F)(F)F)c(F)c3)c(F)c2)cc1. The number of hydrogen-bond acceptors (Lipinski definition) is 1. The van der Waals surface area contributed by atoms with E-state index in [1.807, 2.05) is 0 Å². The molecule has 0 aliphatic heterocycles. The zero-order chi connectivity index (χ0) is 25.4. The first-order chi connectivity index (χ1) is 15.7. The van der Waals surface area contributed by atoms with Crippen molar-refractivity contribution in [1.82, 2.24) is 0 Å². The summed E-state index contributed by atoms with van der Waals surface area (Å²) in [6.45, 7) is 0. The summed E-state index contributed by atoms with van der Waals surface area (Å²) in [6.07, 6.45) is -12.2. The molecule has 12 heteroatoms. The second kappa shape index (κ2) is 8.99. The molecule has 0 bridgehead atoms. The monoisotopic (exact) mass is 498 g/mol. The van der Waals surface area contributed by atoms with Gasteiger partial charge in [-0.05, 0) is 54.1 Å². The molecule has 34 heavy (non-hydrogen) atoms. The molecule has 0 spiro atoms. The van der Waals surface area contributed by atoms with Crippen LogP contribution in [0.1, 0.15) is 16.7 Å². The number of ether oxygens (including phenoxy) is 1. The average molecular weight is 498 g/mol. The van der Waals surface area contributed by atoms with Crippen molar-refractivity contribution in [3.8, 4) is 16.9 Å². The molecule has 0 N–H and O–H groups in total. The largest absolute Gasteiger partial charge is 0.429 e. The van der Waals surface area contributed by atoms with Crippen molar-refractivity contribution in [2.45, 2.75) is 12.3 Å². The molecular weight excluding hydrogens is 489 g/mol. The van der Waals surface area contributed by atoms with Crippen LogP contribution in [0.15, 0.2) is 60.7 Å². The van der Waals surface area contributed by atoms with Crippen LogP contribution in [0.4, 0.5) is 48.3 Å². The molecule has 0 aromatic heterocycles. The van der Waals surface area contributed by atoms with Gasteiger partial charge in [-0.1, -0.05) is 6.07 Å². The van der Waals surface area contributed by atoms with Gasteiger partial charge in [-0.25, -0.2) is 17.6 Å². The van der Waals surface area contributed by atoms with Crippen molar-refractivity contribution in [1.29, 1.82) is 0 Å². The van der Waals surface area contributed by atoms with Gasteiger partial charge in [0.25, 0.3) is 0 Å². The van der Waals surface area contributed by atoms with Crippen LogP contribution in [0.5, 0.6) is 5.75 Å². The Morgan fingerprint density at radius 2 is 1.24 bits per heavy atom. The lowest BCUT2D eigenvalue weighted by atomic mass is 10.0. The van der Waals surface area contributed by atoms with Crippen molar-refractivity contribution >= 4 is 5.83 Å². The minimum atomic E-state index is -5.35. The quantitative estimate of drug-likeness (QED) is 0.321. The van der Waals surface area contributed by atoms with Gasteiger partial charge in [0, 0.05) is 11.1 Å². The molecule has 3 aromatic rings. The van der Waals surface area contributed by atoms with E-state index in [0.29, 0.717) is 12.1 Å². The van der Waals surface area contributed by atoms with Crippen molar-refractivity contribution in [2.75, 3.05) is 0 Å². The van der Waals surface area contributed by atoms with Crippen LogP contribution >= 0.6 is 0 Å². The van der Waals surface area contributed by atoms with E-state index < -0.39 is 75.2 Å². The summed E-state index contributed by atoms with van der Waals surface area (Å²) in [5, 5.41) is 0. The van der Waals surface area contributed by atoms with E-state index in [2.05, 4.69) is 4.74 Å². The number of hydrogen-bond donors (Lipinski definition) is 0. The number of alkyl halides is 5. The maximum Gasteiger partial charge on any atom is 0.426 e. The van der Waals surface area contributed by atoms with Crippen molar-refractivity contribution < 1.29 is 53.0 Å². The Bertz CT molecular complexity index is 1220. The highest BCUT2D eigenvalue weighted by molar-refractivity contribution is 5.65. The minimum absolute atomic E-state index is 0.202. The molecule has 0 atom stereocenters. The van der Waals surface area contributed by atoms with Crippen LogP contribution in [-0.4, -0.2) is 0 Å². The van der Waals surface area contributed by atoms with Crippen LogP contribution in [-0.2, 0) is 12.3 Å². The van der Waals surface area contributed by atoms with Gasteiger partial charge in [0.2, 0.25) is 0 Å². The van der Waals surface area contributed by atoms with Crippen molar-refractivity contribution in [3.63, 3.8) is 0 Å². The summed E-state index contributed by atoms with van der Waals surface area (Å²) in [5.74, 6) is -7.98. The molecule has 0 unspecified atom stereocenters. The molecule has 180 valence electrons. The third-order valence-corrected chi connectivity index (χ3v) is 4.46. The van der Waals surface area contributed by atoms with Crippen molar-refractivity contribution in [3.05, 3.63) is 94.8 Å². The van der Waals surface area contributed by atoms with E-state index in [1.54, 1.807) is 0 Å². The highest BCUT2D eigenvalue weighted by atomic mass is 19.4. The average Bonchev–Trinajstić information content (AvgIpc) is 2.71. The summed E-state index contributed by atoms with van der Waals surface area (Å²) in [5.41, 5.74) is -5.24. The summed E-state index contributed by atoms with van der Waals surface area (Å²) in [7, 11) is 0. The normalized spacial score (nSPS) is 12.0. The van der Waals surface area contributed by atoms with Crippen LogP contribution in [0.25, 0.3) is 17.0 Å². The van der Waals surface area contributed by atoms with Gasteiger partial charge in [0.05, 0.1) is 5.56 Å². The Morgan fingerprint density at radius 1 is 0.676 bits per heavy atom. The Balaban J connectivity index is 1.89. The lowest BCUT2D eigenvalue weighted by molar-refractivity contribution is -0.185. The molecule has 0 radical (unpaired) electrons. The molecule has 0 saturated heterocycles. The number of halogens is 11. The topological polar surface area (TPSA) is 9.23 Å². The number of rotatable bonds is 5. The van der Waals surface area contributed by atoms with Gasteiger partial charge in [-0.15, -0.1) is 0 Å². The zero-order valence-electron chi connectivity index (χ0n) is 16.3. The predicted octanol–water partition coefficient (Wildman–Crippen LogP) is 8.45. The summed E-state index contributed by atoms with van der Waals surface area (Å²) in [4.78, 5) is 0. The predicted molar refractivity (Wildman–Crippen MR) is 98.0 cm³/mol. The van der Waals surface area contributed by atoms with Crippen LogP contribution in [0, 0.1) is 17.5 Å². The smallest absolute Gasteiger partial charge is 0.426 e. The fourth-order valence-electron chi connectivity index (χ4n) is 2.92.